The fourth-order valence-electron chi connectivity index (χ4n) is 2.09. The number of nitrogens with zero attached hydrogens (tertiary/aromatic N) is 1. The van der Waals surface area contributed by atoms with Gasteiger partial charge in [0.15, 0.2) is 12.4 Å². The Morgan fingerprint density at radius 2 is 1.19 bits per heavy atom. The van der Waals surface area contributed by atoms with Crippen LogP contribution in [0.4, 0.5) is 0 Å². The minimum absolute atomic E-state index is 0.304. The van der Waals surface area contributed by atoms with Gasteiger partial charge in [0.05, 0.1) is 14.2 Å². The summed E-state index contributed by atoms with van der Waals surface area (Å²) in [5.41, 5.74) is 0.567. The molecule has 0 aliphatic heterocycles. The predicted octanol–water partition coefficient (Wildman–Crippen LogP) is 6.86. The Hall–Kier alpha value is -3.34. The summed E-state index contributed by atoms with van der Waals surface area (Å²) in [6.45, 7) is 12.0. The molecule has 0 saturated heterocycles. The molecule has 3 aromatic rings. The summed E-state index contributed by atoms with van der Waals surface area (Å²) in [5, 5.41) is 0. The molecule has 0 fully saturated rings. The third-order valence-electron chi connectivity index (χ3n) is 3.40. The number of carbonyl (C=O) groups excluding carboxylic acids is 1. The molecule has 32 heavy (non-hydrogen) atoms. The number of pyridine rings is 1. The lowest BCUT2D eigenvalue weighted by molar-refractivity contribution is -0.671. The molecule has 176 valence electrons. The van der Waals surface area contributed by atoms with E-state index >= 15 is 0 Å². The molecular weight excluding hydrogens is 402 g/mol. The van der Waals surface area contributed by atoms with Crippen molar-refractivity contribution in [2.24, 2.45) is 7.05 Å². The fraction of sp³-hybridized carbons (Fsp3) is 0.333. The van der Waals surface area contributed by atoms with Crippen molar-refractivity contribution in [3.8, 4) is 17.2 Å². The van der Waals surface area contributed by atoms with Gasteiger partial charge in [-0.05, 0) is 42.5 Å². The topological polar surface area (TPSA) is 48.6 Å². The second-order valence-corrected chi connectivity index (χ2v) is 5.34. The van der Waals surface area contributed by atoms with Crippen molar-refractivity contribution < 1.29 is 23.6 Å². The molecule has 5 heteroatoms. The highest BCUT2D eigenvalue weighted by Crippen LogP contribution is 2.23. The summed E-state index contributed by atoms with van der Waals surface area (Å²) >= 11 is 0. The highest BCUT2D eigenvalue weighted by atomic mass is 16.5. The van der Waals surface area contributed by atoms with E-state index in [-0.39, 0.29) is 5.97 Å². The van der Waals surface area contributed by atoms with Gasteiger partial charge in [-0.25, -0.2) is 9.36 Å². The molecule has 0 aliphatic carbocycles. The zero-order valence-corrected chi connectivity index (χ0v) is 21.1. The summed E-state index contributed by atoms with van der Waals surface area (Å²) in [4.78, 5) is 10.9. The summed E-state index contributed by atoms with van der Waals surface area (Å²) in [7, 11) is 4.87. The van der Waals surface area contributed by atoms with E-state index in [4.69, 9.17) is 9.47 Å². The van der Waals surface area contributed by atoms with E-state index in [0.29, 0.717) is 5.56 Å². The molecule has 0 radical (unpaired) electrons. The van der Waals surface area contributed by atoms with E-state index < -0.39 is 0 Å². The van der Waals surface area contributed by atoms with Crippen LogP contribution in [0.3, 0.4) is 0 Å². The number of rotatable bonds is 4. The minimum atomic E-state index is -0.304. The quantitative estimate of drug-likeness (QED) is 0.327. The number of carbonyl (C=O) groups is 1. The van der Waals surface area contributed by atoms with Gasteiger partial charge in [-0.2, -0.15) is 0 Å². The number of ether oxygens (including phenoxy) is 3. The molecular formula is C27H40NO4+. The Morgan fingerprint density at radius 3 is 1.66 bits per heavy atom. The van der Waals surface area contributed by atoms with E-state index in [0.717, 1.165) is 17.2 Å². The van der Waals surface area contributed by atoms with Crippen LogP contribution in [0.1, 0.15) is 51.9 Å². The number of benzene rings is 2. The van der Waals surface area contributed by atoms with Gasteiger partial charge in [0.2, 0.25) is 0 Å². The Bertz CT molecular complexity index is 819. The van der Waals surface area contributed by atoms with Gasteiger partial charge in [0.25, 0.3) is 0 Å². The Labute approximate surface area is 194 Å². The second kappa shape index (κ2) is 20.9. The van der Waals surface area contributed by atoms with Gasteiger partial charge < -0.3 is 14.2 Å². The van der Waals surface area contributed by atoms with Gasteiger partial charge in [-0.1, -0.05) is 59.7 Å². The van der Waals surface area contributed by atoms with E-state index in [2.05, 4.69) is 4.74 Å². The summed E-state index contributed by atoms with van der Waals surface area (Å²) in [6.07, 6.45) is 3.57. The largest absolute Gasteiger partial charge is 0.497 e. The average molecular weight is 443 g/mol. The number of aromatic nitrogens is 1. The first kappa shape index (κ1) is 30.9. The third-order valence-corrected chi connectivity index (χ3v) is 3.40. The molecule has 0 unspecified atom stereocenters. The highest BCUT2D eigenvalue weighted by molar-refractivity contribution is 5.88. The number of aryl methyl sites for hydroxylation is 1. The van der Waals surface area contributed by atoms with Crippen molar-refractivity contribution in [1.82, 2.24) is 0 Å². The van der Waals surface area contributed by atoms with E-state index in [1.165, 1.54) is 7.11 Å². The molecule has 0 saturated carbocycles. The van der Waals surface area contributed by atoms with Crippen LogP contribution in [0.15, 0.2) is 79.1 Å². The first-order valence-corrected chi connectivity index (χ1v) is 11.0. The SMILES string of the molecule is CC.CC.CC.COC(=O)c1ccc[n+](C)c1.COc1ccc(Oc2ccccc2)cc1. The zero-order chi connectivity index (χ0) is 24.8. The van der Waals surface area contributed by atoms with Crippen LogP contribution in [0.25, 0.3) is 0 Å². The Kier molecular flexibility index (Phi) is 20.2. The molecule has 0 atom stereocenters. The van der Waals surface area contributed by atoms with Gasteiger partial charge in [-0.3, -0.25) is 0 Å². The summed E-state index contributed by atoms with van der Waals surface area (Å²) in [6, 6.07) is 20.7. The minimum Gasteiger partial charge on any atom is -0.497 e. The predicted molar refractivity (Wildman–Crippen MR) is 133 cm³/mol. The van der Waals surface area contributed by atoms with Crippen LogP contribution in [0, 0.1) is 0 Å². The normalized spacial score (nSPS) is 8.28. The number of hydrogen-bond donors (Lipinski definition) is 0. The van der Waals surface area contributed by atoms with Crippen LogP contribution in [-0.2, 0) is 11.8 Å². The maximum atomic E-state index is 10.9. The fourth-order valence-corrected chi connectivity index (χ4v) is 2.09. The smallest absolute Gasteiger partial charge is 0.343 e. The van der Waals surface area contributed by atoms with Crippen LogP contribution in [0.2, 0.25) is 0 Å². The number of para-hydroxylation sites is 1. The monoisotopic (exact) mass is 442 g/mol. The van der Waals surface area contributed by atoms with Gasteiger partial charge >= 0.3 is 5.97 Å². The maximum absolute atomic E-state index is 10.9. The van der Waals surface area contributed by atoms with Crippen LogP contribution in [0.5, 0.6) is 17.2 Å². The van der Waals surface area contributed by atoms with Crippen molar-refractivity contribution in [2.45, 2.75) is 41.5 Å². The molecule has 0 amide bonds. The zero-order valence-electron chi connectivity index (χ0n) is 21.1. The lowest BCUT2D eigenvalue weighted by Crippen LogP contribution is -2.27. The molecule has 1 aromatic heterocycles. The molecule has 1 heterocycles. The first-order valence-electron chi connectivity index (χ1n) is 11.0. The van der Waals surface area contributed by atoms with Gasteiger partial charge in [0, 0.05) is 6.07 Å². The Morgan fingerprint density at radius 1 is 0.688 bits per heavy atom. The average Bonchev–Trinajstić information content (AvgIpc) is 2.88. The summed E-state index contributed by atoms with van der Waals surface area (Å²) in [5.74, 6) is 2.17. The molecule has 5 nitrogen and oxygen atoms in total. The molecule has 0 bridgehead atoms. The lowest BCUT2D eigenvalue weighted by atomic mass is 10.3. The van der Waals surface area contributed by atoms with Crippen molar-refractivity contribution in [3.63, 3.8) is 0 Å². The third kappa shape index (κ3) is 13.1. The summed E-state index contributed by atoms with van der Waals surface area (Å²) < 4.78 is 17.0. The second-order valence-electron chi connectivity index (χ2n) is 5.34. The van der Waals surface area contributed by atoms with Crippen molar-refractivity contribution >= 4 is 5.97 Å². The van der Waals surface area contributed by atoms with Crippen LogP contribution < -0.4 is 14.0 Å². The standard InChI is InChI=1S/C13H12O2.C8H10NO2.3C2H6/c1-14-11-7-9-13(10-8-11)15-12-5-3-2-4-6-12;1-9-5-3-4-7(6-9)8(10)11-2;3*1-2/h2-10H,1H3;3-6H,1-2H3;3*1-2H3/q;+1;;;. The maximum Gasteiger partial charge on any atom is 0.343 e. The molecule has 2 aromatic carbocycles. The van der Waals surface area contributed by atoms with E-state index in [1.54, 1.807) is 30.0 Å². The lowest BCUT2D eigenvalue weighted by Gasteiger charge is -2.05. The van der Waals surface area contributed by atoms with Crippen LogP contribution >= 0.6 is 0 Å². The van der Waals surface area contributed by atoms with E-state index in [1.807, 2.05) is 109 Å². The highest BCUT2D eigenvalue weighted by Gasteiger charge is 2.07. The Balaban J connectivity index is 0. The van der Waals surface area contributed by atoms with E-state index in [9.17, 15) is 4.79 Å². The number of methoxy groups -OCH3 is 2. The van der Waals surface area contributed by atoms with Crippen molar-refractivity contribution in [3.05, 3.63) is 84.7 Å². The number of hydrogen-bond acceptors (Lipinski definition) is 4. The van der Waals surface area contributed by atoms with Crippen LogP contribution in [-0.4, -0.2) is 20.2 Å². The number of esters is 1. The van der Waals surface area contributed by atoms with Gasteiger partial charge in [-0.15, -0.1) is 0 Å². The first-order chi connectivity index (χ1) is 15.6. The van der Waals surface area contributed by atoms with Crippen molar-refractivity contribution in [2.75, 3.05) is 14.2 Å². The van der Waals surface area contributed by atoms with Crippen molar-refractivity contribution in [1.29, 1.82) is 0 Å². The molecule has 0 N–H and O–H groups in total. The molecule has 3 rings (SSSR count). The molecule has 0 aliphatic rings. The van der Waals surface area contributed by atoms with Gasteiger partial charge in [0.1, 0.15) is 29.9 Å². The molecule has 0 spiro atoms.